The van der Waals surface area contributed by atoms with E-state index in [1.54, 1.807) is 6.92 Å². The van der Waals surface area contributed by atoms with Gasteiger partial charge >= 0.3 is 5.97 Å². The molecular weight excluding hydrogens is 282 g/mol. The number of ether oxygens (including phenoxy) is 1. The van der Waals surface area contributed by atoms with Crippen LogP contribution in [0, 0.1) is 0 Å². The van der Waals surface area contributed by atoms with Crippen LogP contribution in [0.15, 0.2) is 5.38 Å². The number of thiazole rings is 1. The van der Waals surface area contributed by atoms with E-state index in [-0.39, 0.29) is 35.2 Å². The predicted molar refractivity (Wildman–Crippen MR) is 71.6 cm³/mol. The van der Waals surface area contributed by atoms with Gasteiger partial charge in [0, 0.05) is 24.4 Å². The highest BCUT2D eigenvalue weighted by Gasteiger charge is 2.22. The van der Waals surface area contributed by atoms with Crippen LogP contribution in [0.4, 0.5) is 0 Å². The van der Waals surface area contributed by atoms with Gasteiger partial charge in [0.2, 0.25) is 10.9 Å². The van der Waals surface area contributed by atoms with Crippen molar-refractivity contribution in [2.75, 3.05) is 13.2 Å². The number of carbonyl (C=O) groups is 3. The van der Waals surface area contributed by atoms with E-state index in [4.69, 9.17) is 4.74 Å². The summed E-state index contributed by atoms with van der Waals surface area (Å²) in [7, 11) is 0. The molecule has 1 saturated heterocycles. The van der Waals surface area contributed by atoms with Crippen molar-refractivity contribution in [1.82, 2.24) is 15.6 Å². The first-order chi connectivity index (χ1) is 9.60. The van der Waals surface area contributed by atoms with Crippen molar-refractivity contribution in [2.45, 2.75) is 25.8 Å². The standard InChI is InChI=1S/C12H15N3O4S/c1-2-19-12(18)11-15-8(6-20-11)10(17)14-7-3-4-9(16)13-5-7/h6-7H,2-5H2,1H3,(H,13,16)(H,14,17). The Morgan fingerprint density at radius 2 is 2.40 bits per heavy atom. The van der Waals surface area contributed by atoms with Crippen LogP contribution in [0.5, 0.6) is 0 Å². The van der Waals surface area contributed by atoms with Crippen molar-refractivity contribution in [3.63, 3.8) is 0 Å². The highest BCUT2D eigenvalue weighted by molar-refractivity contribution is 7.11. The number of rotatable bonds is 4. The van der Waals surface area contributed by atoms with Crippen molar-refractivity contribution in [2.24, 2.45) is 0 Å². The Balaban J connectivity index is 1.92. The van der Waals surface area contributed by atoms with Gasteiger partial charge in [-0.2, -0.15) is 0 Å². The minimum atomic E-state index is -0.526. The largest absolute Gasteiger partial charge is 0.461 e. The molecule has 7 nitrogen and oxygen atoms in total. The van der Waals surface area contributed by atoms with E-state index in [0.29, 0.717) is 19.4 Å². The van der Waals surface area contributed by atoms with Gasteiger partial charge in [0.1, 0.15) is 5.69 Å². The average molecular weight is 297 g/mol. The minimum absolute atomic E-state index is 0.00578. The molecule has 1 aliphatic heterocycles. The lowest BCUT2D eigenvalue weighted by molar-refractivity contribution is -0.122. The molecule has 8 heteroatoms. The highest BCUT2D eigenvalue weighted by Crippen LogP contribution is 2.12. The summed E-state index contributed by atoms with van der Waals surface area (Å²) in [6.07, 6.45) is 1.00. The Morgan fingerprint density at radius 1 is 1.60 bits per heavy atom. The molecule has 0 radical (unpaired) electrons. The Labute approximate surface area is 119 Å². The number of hydrogen-bond donors (Lipinski definition) is 2. The summed E-state index contributed by atoms with van der Waals surface area (Å²) >= 11 is 1.07. The summed E-state index contributed by atoms with van der Waals surface area (Å²) < 4.78 is 4.81. The number of nitrogens with zero attached hydrogens (tertiary/aromatic N) is 1. The van der Waals surface area contributed by atoms with Gasteiger partial charge in [-0.3, -0.25) is 9.59 Å². The molecule has 1 aromatic heterocycles. The third-order valence-electron chi connectivity index (χ3n) is 2.79. The van der Waals surface area contributed by atoms with Crippen LogP contribution in [0.1, 0.15) is 40.1 Å². The van der Waals surface area contributed by atoms with E-state index < -0.39 is 5.97 Å². The van der Waals surface area contributed by atoms with Gasteiger partial charge < -0.3 is 15.4 Å². The lowest BCUT2D eigenvalue weighted by Crippen LogP contribution is -2.47. The van der Waals surface area contributed by atoms with Crippen LogP contribution in [0.25, 0.3) is 0 Å². The van der Waals surface area contributed by atoms with Crippen molar-refractivity contribution in [1.29, 1.82) is 0 Å². The number of esters is 1. The first-order valence-corrected chi connectivity index (χ1v) is 7.18. The molecule has 1 aliphatic rings. The quantitative estimate of drug-likeness (QED) is 0.780. The number of hydrogen-bond acceptors (Lipinski definition) is 6. The van der Waals surface area contributed by atoms with Gasteiger partial charge in [-0.1, -0.05) is 0 Å². The molecule has 0 spiro atoms. The van der Waals surface area contributed by atoms with Crippen LogP contribution >= 0.6 is 11.3 Å². The zero-order valence-electron chi connectivity index (χ0n) is 11.0. The molecule has 2 amide bonds. The summed E-state index contributed by atoms with van der Waals surface area (Å²) in [5.41, 5.74) is 0.190. The number of carbonyl (C=O) groups excluding carboxylic acids is 3. The smallest absolute Gasteiger partial charge is 0.367 e. The molecule has 0 saturated carbocycles. The summed E-state index contributed by atoms with van der Waals surface area (Å²) in [5.74, 6) is -0.881. The molecule has 0 aromatic carbocycles. The zero-order chi connectivity index (χ0) is 14.5. The highest BCUT2D eigenvalue weighted by atomic mass is 32.1. The molecule has 2 N–H and O–H groups in total. The van der Waals surface area contributed by atoms with Crippen LogP contribution in [-0.2, 0) is 9.53 Å². The molecule has 1 unspecified atom stereocenters. The Kier molecular flexibility index (Phi) is 4.67. The van der Waals surface area contributed by atoms with E-state index in [1.807, 2.05) is 0 Å². The van der Waals surface area contributed by atoms with Crippen LogP contribution in [-0.4, -0.2) is 42.0 Å². The van der Waals surface area contributed by atoms with Gasteiger partial charge in [0.15, 0.2) is 0 Å². The lowest BCUT2D eigenvalue weighted by atomic mass is 10.1. The maximum atomic E-state index is 12.0. The maximum Gasteiger partial charge on any atom is 0.367 e. The molecule has 0 aliphatic carbocycles. The van der Waals surface area contributed by atoms with Crippen LogP contribution in [0.3, 0.4) is 0 Å². The first-order valence-electron chi connectivity index (χ1n) is 6.30. The second-order valence-corrected chi connectivity index (χ2v) is 5.13. The van der Waals surface area contributed by atoms with E-state index in [9.17, 15) is 14.4 Å². The average Bonchev–Trinajstić information content (AvgIpc) is 2.91. The molecule has 108 valence electrons. The normalized spacial score (nSPS) is 18.2. The molecule has 0 bridgehead atoms. The van der Waals surface area contributed by atoms with Gasteiger partial charge in [0.25, 0.3) is 5.91 Å². The van der Waals surface area contributed by atoms with E-state index in [1.165, 1.54) is 5.38 Å². The predicted octanol–water partition coefficient (Wildman–Crippen LogP) is 0.328. The topological polar surface area (TPSA) is 97.4 Å². The number of nitrogens with one attached hydrogen (secondary N) is 2. The molecule has 2 rings (SSSR count). The van der Waals surface area contributed by atoms with Crippen molar-refractivity contribution in [3.05, 3.63) is 16.1 Å². The summed E-state index contributed by atoms with van der Waals surface area (Å²) in [5, 5.41) is 7.14. The molecular formula is C12H15N3O4S. The van der Waals surface area contributed by atoms with Crippen molar-refractivity contribution in [3.8, 4) is 0 Å². The van der Waals surface area contributed by atoms with Crippen molar-refractivity contribution < 1.29 is 19.1 Å². The fourth-order valence-electron chi connectivity index (χ4n) is 1.78. The molecule has 20 heavy (non-hydrogen) atoms. The van der Waals surface area contributed by atoms with Gasteiger partial charge in [0.05, 0.1) is 6.61 Å². The monoisotopic (exact) mass is 297 g/mol. The molecule has 1 fully saturated rings. The number of piperidine rings is 1. The fourth-order valence-corrected chi connectivity index (χ4v) is 2.47. The molecule has 1 atom stereocenters. The van der Waals surface area contributed by atoms with Gasteiger partial charge in [-0.15, -0.1) is 11.3 Å². The SMILES string of the molecule is CCOC(=O)c1nc(C(=O)NC2CCC(=O)NC2)cs1. The summed E-state index contributed by atoms with van der Waals surface area (Å²) in [4.78, 5) is 38.4. The fraction of sp³-hybridized carbons (Fsp3) is 0.500. The van der Waals surface area contributed by atoms with E-state index in [2.05, 4.69) is 15.6 Å². The maximum absolute atomic E-state index is 12.0. The van der Waals surface area contributed by atoms with Crippen LogP contribution in [0.2, 0.25) is 0 Å². The molecule has 2 heterocycles. The Bertz CT molecular complexity index is 519. The summed E-state index contributed by atoms with van der Waals surface area (Å²) in [6, 6.07) is -0.104. The van der Waals surface area contributed by atoms with Crippen molar-refractivity contribution >= 4 is 29.1 Å². The number of aromatic nitrogens is 1. The lowest BCUT2D eigenvalue weighted by Gasteiger charge is -2.22. The van der Waals surface area contributed by atoms with Crippen LogP contribution < -0.4 is 10.6 Å². The first kappa shape index (κ1) is 14.4. The zero-order valence-corrected chi connectivity index (χ0v) is 11.8. The number of amides is 2. The second kappa shape index (κ2) is 6.47. The third-order valence-corrected chi connectivity index (χ3v) is 3.61. The Morgan fingerprint density at radius 3 is 3.05 bits per heavy atom. The summed E-state index contributed by atoms with van der Waals surface area (Å²) in [6.45, 7) is 2.39. The Hall–Kier alpha value is -1.96. The minimum Gasteiger partial charge on any atom is -0.461 e. The molecule has 1 aromatic rings. The van der Waals surface area contributed by atoms with Gasteiger partial charge in [-0.25, -0.2) is 9.78 Å². The second-order valence-electron chi connectivity index (χ2n) is 4.27. The third kappa shape index (κ3) is 3.53. The van der Waals surface area contributed by atoms with Gasteiger partial charge in [-0.05, 0) is 13.3 Å². The van der Waals surface area contributed by atoms with E-state index in [0.717, 1.165) is 11.3 Å². The van der Waals surface area contributed by atoms with E-state index >= 15 is 0 Å².